The number of carbonyl (C=O) groups excluding carboxylic acids is 1. The van der Waals surface area contributed by atoms with E-state index >= 15 is 0 Å². The van der Waals surface area contributed by atoms with Gasteiger partial charge in [0.2, 0.25) is 5.95 Å². The first-order valence-corrected chi connectivity index (χ1v) is 14.0. The van der Waals surface area contributed by atoms with Crippen LogP contribution in [0.25, 0.3) is 21.9 Å². The molecular formula is C31H32N8O2. The van der Waals surface area contributed by atoms with Crippen molar-refractivity contribution in [3.8, 4) is 0 Å². The molecule has 2 amide bonds. The SMILES string of the molecule is Cc1cccc2cnc(Nc3cc(NC(=O)Nc4ccc(N5CCOCC5)cc4)c4nc(C5CC5)n(C)c4c3)nc12. The number of aryl methyl sites for hydroxylation is 2. The molecule has 41 heavy (non-hydrogen) atoms. The zero-order valence-corrected chi connectivity index (χ0v) is 23.1. The second-order valence-corrected chi connectivity index (χ2v) is 10.8. The number of ether oxygens (including phenoxy) is 1. The molecule has 1 aliphatic carbocycles. The van der Waals surface area contributed by atoms with Crippen LogP contribution in [-0.4, -0.2) is 51.9 Å². The maximum Gasteiger partial charge on any atom is 0.323 e. The number of para-hydroxylation sites is 1. The Morgan fingerprint density at radius 2 is 1.76 bits per heavy atom. The summed E-state index contributed by atoms with van der Waals surface area (Å²) in [4.78, 5) is 29.7. The second-order valence-electron chi connectivity index (χ2n) is 10.8. The molecule has 1 aliphatic heterocycles. The number of rotatable bonds is 6. The minimum atomic E-state index is -0.334. The highest BCUT2D eigenvalue weighted by atomic mass is 16.5. The van der Waals surface area contributed by atoms with Gasteiger partial charge in [0, 0.05) is 54.7 Å². The van der Waals surface area contributed by atoms with Crippen molar-refractivity contribution in [2.24, 2.45) is 7.05 Å². The average molecular weight is 549 g/mol. The topological polar surface area (TPSA) is 109 Å². The minimum absolute atomic E-state index is 0.334. The van der Waals surface area contributed by atoms with E-state index in [0.717, 1.165) is 83.8 Å². The van der Waals surface area contributed by atoms with Crippen LogP contribution in [0.1, 0.15) is 30.1 Å². The number of morpholine rings is 1. The smallest absolute Gasteiger partial charge is 0.323 e. The molecule has 2 aliphatic rings. The van der Waals surface area contributed by atoms with Crippen molar-refractivity contribution in [2.75, 3.05) is 47.2 Å². The van der Waals surface area contributed by atoms with E-state index in [-0.39, 0.29) is 6.03 Å². The van der Waals surface area contributed by atoms with Gasteiger partial charge in [0.25, 0.3) is 0 Å². The molecule has 0 bridgehead atoms. The number of fused-ring (bicyclic) bond motifs is 2. The van der Waals surface area contributed by atoms with Crippen molar-refractivity contribution in [3.05, 3.63) is 72.2 Å². The normalized spacial score (nSPS) is 15.3. The summed E-state index contributed by atoms with van der Waals surface area (Å²) in [6.45, 7) is 5.23. The van der Waals surface area contributed by atoms with Gasteiger partial charge in [0.1, 0.15) is 11.3 Å². The lowest BCUT2D eigenvalue weighted by Crippen LogP contribution is -2.36. The Bertz CT molecular complexity index is 1750. The highest BCUT2D eigenvalue weighted by Crippen LogP contribution is 2.41. The second kappa shape index (κ2) is 10.4. The number of hydrogen-bond acceptors (Lipinski definition) is 7. The number of anilines is 5. The maximum absolute atomic E-state index is 13.2. The van der Waals surface area contributed by atoms with Gasteiger partial charge < -0.3 is 30.2 Å². The van der Waals surface area contributed by atoms with E-state index in [9.17, 15) is 4.79 Å². The van der Waals surface area contributed by atoms with E-state index in [4.69, 9.17) is 14.7 Å². The van der Waals surface area contributed by atoms with Gasteiger partial charge in [-0.1, -0.05) is 18.2 Å². The molecule has 0 spiro atoms. The van der Waals surface area contributed by atoms with Gasteiger partial charge in [-0.3, -0.25) is 0 Å². The molecule has 0 radical (unpaired) electrons. The summed E-state index contributed by atoms with van der Waals surface area (Å²) in [6.07, 6.45) is 4.09. The number of urea groups is 1. The molecule has 3 aromatic carbocycles. The lowest BCUT2D eigenvalue weighted by Gasteiger charge is -2.28. The average Bonchev–Trinajstić information content (AvgIpc) is 3.78. The third-order valence-electron chi connectivity index (χ3n) is 7.78. The number of nitrogens with one attached hydrogen (secondary N) is 3. The largest absolute Gasteiger partial charge is 0.378 e. The maximum atomic E-state index is 13.2. The molecule has 3 N–H and O–H groups in total. The van der Waals surface area contributed by atoms with Gasteiger partial charge in [-0.15, -0.1) is 0 Å². The Labute approximate surface area is 237 Å². The van der Waals surface area contributed by atoms with Crippen LogP contribution < -0.4 is 20.9 Å². The summed E-state index contributed by atoms with van der Waals surface area (Å²) in [5.41, 5.74) is 6.89. The molecule has 7 rings (SSSR count). The standard InChI is InChI=1S/C31H32N8O2/c1-19-4-3-5-21-18-32-30(37-27(19)21)33-23-16-25(28-26(17-23)38(2)29(36-28)20-6-7-20)35-31(40)34-22-8-10-24(11-9-22)39-12-14-41-15-13-39/h3-5,8-11,16-18,20H,6-7,12-15H2,1-2H3,(H,32,33,37)(H2,34,35,40). The lowest BCUT2D eigenvalue weighted by molar-refractivity contribution is 0.122. The van der Waals surface area contributed by atoms with Crippen molar-refractivity contribution in [1.82, 2.24) is 19.5 Å². The van der Waals surface area contributed by atoms with Crippen LogP contribution in [0, 0.1) is 6.92 Å². The Kier molecular flexibility index (Phi) is 6.39. The number of benzene rings is 3. The summed E-state index contributed by atoms with van der Waals surface area (Å²) in [7, 11) is 2.03. The number of imidazole rings is 1. The van der Waals surface area contributed by atoms with Crippen molar-refractivity contribution in [1.29, 1.82) is 0 Å². The van der Waals surface area contributed by atoms with E-state index in [1.54, 1.807) is 0 Å². The van der Waals surface area contributed by atoms with Crippen molar-refractivity contribution < 1.29 is 9.53 Å². The fourth-order valence-corrected chi connectivity index (χ4v) is 5.43. The molecule has 0 atom stereocenters. The third kappa shape index (κ3) is 5.14. The monoisotopic (exact) mass is 548 g/mol. The highest BCUT2D eigenvalue weighted by molar-refractivity contribution is 6.06. The lowest BCUT2D eigenvalue weighted by atomic mass is 10.1. The van der Waals surface area contributed by atoms with E-state index in [1.807, 2.05) is 74.8 Å². The van der Waals surface area contributed by atoms with Crippen LogP contribution in [-0.2, 0) is 11.8 Å². The van der Waals surface area contributed by atoms with Crippen LogP contribution in [0.2, 0.25) is 0 Å². The van der Waals surface area contributed by atoms with Gasteiger partial charge in [-0.2, -0.15) is 0 Å². The number of nitrogens with zero attached hydrogens (tertiary/aromatic N) is 5. The molecular weight excluding hydrogens is 516 g/mol. The van der Waals surface area contributed by atoms with Gasteiger partial charge in [0.05, 0.1) is 29.9 Å². The summed E-state index contributed by atoms with van der Waals surface area (Å²) in [5, 5.41) is 10.3. The fraction of sp³-hybridized carbons (Fsp3) is 0.290. The summed E-state index contributed by atoms with van der Waals surface area (Å²) >= 11 is 0. The Balaban J connectivity index is 1.16. The molecule has 2 fully saturated rings. The first-order valence-electron chi connectivity index (χ1n) is 14.0. The zero-order valence-electron chi connectivity index (χ0n) is 23.1. The van der Waals surface area contributed by atoms with E-state index in [1.165, 1.54) is 0 Å². The molecule has 3 heterocycles. The molecule has 2 aromatic heterocycles. The van der Waals surface area contributed by atoms with E-state index in [0.29, 0.717) is 23.2 Å². The van der Waals surface area contributed by atoms with Crippen LogP contribution in [0.15, 0.2) is 60.8 Å². The predicted molar refractivity (Wildman–Crippen MR) is 162 cm³/mol. The molecule has 0 unspecified atom stereocenters. The highest BCUT2D eigenvalue weighted by Gasteiger charge is 2.29. The molecule has 1 saturated carbocycles. The van der Waals surface area contributed by atoms with Crippen LogP contribution in [0.5, 0.6) is 0 Å². The third-order valence-corrected chi connectivity index (χ3v) is 7.78. The Morgan fingerprint density at radius 3 is 2.54 bits per heavy atom. The minimum Gasteiger partial charge on any atom is -0.378 e. The number of hydrogen-bond donors (Lipinski definition) is 3. The number of amides is 2. The quantitative estimate of drug-likeness (QED) is 0.241. The molecule has 208 valence electrons. The van der Waals surface area contributed by atoms with Crippen LogP contribution >= 0.6 is 0 Å². The summed E-state index contributed by atoms with van der Waals surface area (Å²) in [5.74, 6) is 1.99. The Hall–Kier alpha value is -4.70. The van der Waals surface area contributed by atoms with Gasteiger partial charge in [0.15, 0.2) is 0 Å². The predicted octanol–water partition coefficient (Wildman–Crippen LogP) is 5.93. The number of aromatic nitrogens is 4. The van der Waals surface area contributed by atoms with Crippen molar-refractivity contribution in [3.63, 3.8) is 0 Å². The molecule has 1 saturated heterocycles. The van der Waals surface area contributed by atoms with Gasteiger partial charge in [-0.05, 0) is 61.7 Å². The van der Waals surface area contributed by atoms with Crippen LogP contribution in [0.4, 0.5) is 33.5 Å². The molecule has 10 heteroatoms. The molecule has 5 aromatic rings. The Morgan fingerprint density at radius 1 is 0.951 bits per heavy atom. The number of carbonyl (C=O) groups is 1. The van der Waals surface area contributed by atoms with E-state index < -0.39 is 0 Å². The first-order chi connectivity index (χ1) is 20.0. The summed E-state index contributed by atoms with van der Waals surface area (Å²) < 4.78 is 7.57. The van der Waals surface area contributed by atoms with Gasteiger partial charge >= 0.3 is 6.03 Å². The van der Waals surface area contributed by atoms with Crippen LogP contribution in [0.3, 0.4) is 0 Å². The molecule has 10 nitrogen and oxygen atoms in total. The zero-order chi connectivity index (χ0) is 27.9. The van der Waals surface area contributed by atoms with Crippen molar-refractivity contribution in [2.45, 2.75) is 25.7 Å². The fourth-order valence-electron chi connectivity index (χ4n) is 5.43. The summed E-state index contributed by atoms with van der Waals surface area (Å²) in [6, 6.07) is 17.5. The van der Waals surface area contributed by atoms with Gasteiger partial charge in [-0.25, -0.2) is 19.7 Å². The van der Waals surface area contributed by atoms with E-state index in [2.05, 4.69) is 30.4 Å². The van der Waals surface area contributed by atoms with Crippen molar-refractivity contribution >= 4 is 56.7 Å². The first kappa shape index (κ1) is 25.3.